The van der Waals surface area contributed by atoms with Crippen LogP contribution in [0.3, 0.4) is 0 Å². The summed E-state index contributed by atoms with van der Waals surface area (Å²) in [6.45, 7) is 2.16. The first kappa shape index (κ1) is 10.8. The molecule has 3 N–H and O–H groups in total. The quantitative estimate of drug-likeness (QED) is 0.730. The first-order valence-electron chi connectivity index (χ1n) is 5.44. The van der Waals surface area contributed by atoms with Gasteiger partial charge in [0.15, 0.2) is 0 Å². The number of hydrogen-bond donors (Lipinski definition) is 2. The number of nitrogens with one attached hydrogen (secondary N) is 1. The van der Waals surface area contributed by atoms with Crippen molar-refractivity contribution in [2.24, 2.45) is 0 Å². The van der Waals surface area contributed by atoms with Crippen LogP contribution in [0.5, 0.6) is 0 Å². The number of nitriles is 1. The van der Waals surface area contributed by atoms with E-state index in [2.05, 4.69) is 23.3 Å². The Balaban J connectivity index is 2.08. The summed E-state index contributed by atoms with van der Waals surface area (Å²) in [4.78, 5) is 2.29. The number of hydrogen-bond acceptors (Lipinski definition) is 4. The molecule has 0 spiro atoms. The predicted octanol–water partition coefficient (Wildman–Crippen LogP) is 1.26. The highest BCUT2D eigenvalue weighted by Gasteiger charge is 2.19. The van der Waals surface area contributed by atoms with Crippen molar-refractivity contribution in [1.82, 2.24) is 4.90 Å². The summed E-state index contributed by atoms with van der Waals surface area (Å²) in [6, 6.07) is 7.92. The molecule has 0 saturated carbocycles. The molecule has 1 unspecified atom stereocenters. The molecule has 1 fully saturated rings. The van der Waals surface area contributed by atoms with E-state index in [1.807, 2.05) is 6.07 Å². The Morgan fingerprint density at radius 1 is 1.56 bits per heavy atom. The summed E-state index contributed by atoms with van der Waals surface area (Å²) in [5.41, 5.74) is 8.06. The van der Waals surface area contributed by atoms with E-state index in [1.54, 1.807) is 12.1 Å². The fourth-order valence-electron chi connectivity index (χ4n) is 2.04. The summed E-state index contributed by atoms with van der Waals surface area (Å²) < 4.78 is 0. The van der Waals surface area contributed by atoms with Gasteiger partial charge in [-0.25, -0.2) is 0 Å². The van der Waals surface area contributed by atoms with Gasteiger partial charge in [0.25, 0.3) is 0 Å². The number of benzene rings is 1. The molecule has 0 aliphatic carbocycles. The molecule has 0 amide bonds. The van der Waals surface area contributed by atoms with Gasteiger partial charge in [0.05, 0.1) is 23.0 Å². The van der Waals surface area contributed by atoms with E-state index in [1.165, 1.54) is 0 Å². The smallest absolute Gasteiger partial charge is 0.0992 e. The van der Waals surface area contributed by atoms with Gasteiger partial charge in [-0.2, -0.15) is 5.26 Å². The van der Waals surface area contributed by atoms with E-state index < -0.39 is 0 Å². The van der Waals surface area contributed by atoms with Crippen molar-refractivity contribution in [2.75, 3.05) is 31.2 Å². The number of nitrogen functional groups attached to an aromatic ring is 1. The molecule has 1 aromatic carbocycles. The van der Waals surface area contributed by atoms with Crippen LogP contribution >= 0.6 is 0 Å². The van der Waals surface area contributed by atoms with Crippen LogP contribution in [0.25, 0.3) is 0 Å². The van der Waals surface area contributed by atoms with Crippen molar-refractivity contribution >= 4 is 11.4 Å². The van der Waals surface area contributed by atoms with Crippen LogP contribution in [0, 0.1) is 11.3 Å². The van der Waals surface area contributed by atoms with Crippen molar-refractivity contribution in [3.8, 4) is 6.07 Å². The largest absolute Gasteiger partial charge is 0.397 e. The van der Waals surface area contributed by atoms with Gasteiger partial charge in [-0.3, -0.25) is 0 Å². The standard InChI is InChI=1S/C12H16N4/c1-16-5-4-10(8-16)15-12-3-2-9(7-13)6-11(12)14/h2-3,6,10,15H,4-5,8,14H2,1H3. The second-order valence-corrected chi connectivity index (χ2v) is 4.31. The lowest BCUT2D eigenvalue weighted by molar-refractivity contribution is 0.414. The van der Waals surface area contributed by atoms with Gasteiger partial charge in [-0.15, -0.1) is 0 Å². The maximum atomic E-state index is 8.74. The minimum absolute atomic E-state index is 0.459. The number of rotatable bonds is 2. The Morgan fingerprint density at radius 3 is 2.94 bits per heavy atom. The Labute approximate surface area is 95.7 Å². The van der Waals surface area contributed by atoms with E-state index in [9.17, 15) is 0 Å². The first-order chi connectivity index (χ1) is 7.69. The number of likely N-dealkylation sites (N-methyl/N-ethyl adjacent to an activating group) is 1. The predicted molar refractivity (Wildman–Crippen MR) is 65.1 cm³/mol. The summed E-state index contributed by atoms with van der Waals surface area (Å²) in [5, 5.41) is 12.2. The molecule has 0 aromatic heterocycles. The first-order valence-corrected chi connectivity index (χ1v) is 5.44. The van der Waals surface area contributed by atoms with Gasteiger partial charge in [0, 0.05) is 12.6 Å². The third-order valence-electron chi connectivity index (χ3n) is 2.93. The molecule has 4 heteroatoms. The lowest BCUT2D eigenvalue weighted by atomic mass is 10.1. The van der Waals surface area contributed by atoms with E-state index in [0.717, 1.165) is 25.2 Å². The van der Waals surface area contributed by atoms with Crippen LogP contribution in [-0.4, -0.2) is 31.1 Å². The summed E-state index contributed by atoms with van der Waals surface area (Å²) >= 11 is 0. The number of nitrogens with two attached hydrogens (primary N) is 1. The fraction of sp³-hybridized carbons (Fsp3) is 0.417. The number of likely N-dealkylation sites (tertiary alicyclic amines) is 1. The molecule has 16 heavy (non-hydrogen) atoms. The third kappa shape index (κ3) is 2.26. The van der Waals surface area contributed by atoms with E-state index in [-0.39, 0.29) is 0 Å². The van der Waals surface area contributed by atoms with Gasteiger partial charge in [0.2, 0.25) is 0 Å². The van der Waals surface area contributed by atoms with Crippen molar-refractivity contribution in [3.05, 3.63) is 23.8 Å². The zero-order chi connectivity index (χ0) is 11.5. The highest BCUT2D eigenvalue weighted by molar-refractivity contribution is 5.68. The van der Waals surface area contributed by atoms with Gasteiger partial charge >= 0.3 is 0 Å². The summed E-state index contributed by atoms with van der Waals surface area (Å²) in [7, 11) is 2.11. The monoisotopic (exact) mass is 216 g/mol. The third-order valence-corrected chi connectivity index (χ3v) is 2.93. The van der Waals surface area contributed by atoms with Gasteiger partial charge < -0.3 is 16.0 Å². The Hall–Kier alpha value is -1.73. The van der Waals surface area contributed by atoms with Crippen LogP contribution in [-0.2, 0) is 0 Å². The molecule has 4 nitrogen and oxygen atoms in total. The van der Waals surface area contributed by atoms with Gasteiger partial charge in [-0.05, 0) is 38.2 Å². The molecule has 1 aliphatic rings. The lowest BCUT2D eigenvalue weighted by Gasteiger charge is -2.15. The average molecular weight is 216 g/mol. The molecular weight excluding hydrogens is 200 g/mol. The molecule has 0 radical (unpaired) electrons. The minimum Gasteiger partial charge on any atom is -0.397 e. The zero-order valence-electron chi connectivity index (χ0n) is 9.40. The summed E-state index contributed by atoms with van der Waals surface area (Å²) in [5.74, 6) is 0. The maximum Gasteiger partial charge on any atom is 0.0992 e. The minimum atomic E-state index is 0.459. The molecule has 1 heterocycles. The molecule has 1 aliphatic heterocycles. The van der Waals surface area contributed by atoms with Crippen LogP contribution < -0.4 is 11.1 Å². The lowest BCUT2D eigenvalue weighted by Crippen LogP contribution is -2.23. The van der Waals surface area contributed by atoms with E-state index >= 15 is 0 Å². The van der Waals surface area contributed by atoms with Crippen LogP contribution in [0.2, 0.25) is 0 Å². The molecular formula is C12H16N4. The Kier molecular flexibility index (Phi) is 2.97. The second-order valence-electron chi connectivity index (χ2n) is 4.31. The Bertz CT molecular complexity index is 422. The molecule has 1 saturated heterocycles. The second kappa shape index (κ2) is 4.42. The molecule has 1 aromatic rings. The number of nitrogens with zero attached hydrogens (tertiary/aromatic N) is 2. The van der Waals surface area contributed by atoms with E-state index in [0.29, 0.717) is 17.3 Å². The molecule has 0 bridgehead atoms. The molecule has 2 rings (SSSR count). The highest BCUT2D eigenvalue weighted by Crippen LogP contribution is 2.22. The Morgan fingerprint density at radius 2 is 2.38 bits per heavy atom. The van der Waals surface area contributed by atoms with Gasteiger partial charge in [0.1, 0.15) is 0 Å². The van der Waals surface area contributed by atoms with Crippen molar-refractivity contribution in [1.29, 1.82) is 5.26 Å². The van der Waals surface area contributed by atoms with Gasteiger partial charge in [-0.1, -0.05) is 0 Å². The van der Waals surface area contributed by atoms with Crippen molar-refractivity contribution < 1.29 is 0 Å². The summed E-state index contributed by atoms with van der Waals surface area (Å²) in [6.07, 6.45) is 1.13. The zero-order valence-corrected chi connectivity index (χ0v) is 9.40. The normalized spacial score (nSPS) is 20.6. The van der Waals surface area contributed by atoms with Crippen LogP contribution in [0.4, 0.5) is 11.4 Å². The molecule has 84 valence electrons. The topological polar surface area (TPSA) is 65.1 Å². The number of anilines is 2. The average Bonchev–Trinajstić information content (AvgIpc) is 2.67. The maximum absolute atomic E-state index is 8.74. The molecule has 1 atom stereocenters. The van der Waals surface area contributed by atoms with Crippen molar-refractivity contribution in [3.63, 3.8) is 0 Å². The fourth-order valence-corrected chi connectivity index (χ4v) is 2.04. The van der Waals surface area contributed by atoms with Crippen LogP contribution in [0.15, 0.2) is 18.2 Å². The SMILES string of the molecule is CN1CCC(Nc2ccc(C#N)cc2N)C1. The van der Waals surface area contributed by atoms with Crippen molar-refractivity contribution in [2.45, 2.75) is 12.5 Å². The van der Waals surface area contributed by atoms with E-state index in [4.69, 9.17) is 11.0 Å². The van der Waals surface area contributed by atoms with Crippen LogP contribution in [0.1, 0.15) is 12.0 Å². The highest BCUT2D eigenvalue weighted by atomic mass is 15.2.